The van der Waals surface area contributed by atoms with E-state index in [9.17, 15) is 9.59 Å². The van der Waals surface area contributed by atoms with Crippen LogP contribution in [0.5, 0.6) is 0 Å². The predicted octanol–water partition coefficient (Wildman–Crippen LogP) is 4.91. The van der Waals surface area contributed by atoms with Gasteiger partial charge in [0.25, 0.3) is 0 Å². The molecule has 0 amide bonds. The van der Waals surface area contributed by atoms with Crippen molar-refractivity contribution in [3.05, 3.63) is 106 Å². The average molecular weight is 365 g/mol. The predicted molar refractivity (Wildman–Crippen MR) is 93.9 cm³/mol. The fourth-order valence-electron chi connectivity index (χ4n) is 2.37. The molecule has 0 heterocycles. The van der Waals surface area contributed by atoms with Gasteiger partial charge in [-0.05, 0) is 28.1 Å². The Labute approximate surface area is 142 Å². The molecule has 0 aliphatic heterocycles. The summed E-state index contributed by atoms with van der Waals surface area (Å²) >= 11 is 3.44. The molecule has 3 aromatic rings. The van der Waals surface area contributed by atoms with Gasteiger partial charge in [0.05, 0.1) is 0 Å². The summed E-state index contributed by atoms with van der Waals surface area (Å²) in [5.74, 6) is -0.222. The molecule has 0 aromatic heterocycles. The van der Waals surface area contributed by atoms with Crippen molar-refractivity contribution >= 4 is 27.5 Å². The fourth-order valence-corrected chi connectivity index (χ4v) is 3.00. The van der Waals surface area contributed by atoms with Gasteiger partial charge < -0.3 is 0 Å². The first-order valence-electron chi connectivity index (χ1n) is 7.16. The number of hydrogen-bond donors (Lipinski definition) is 0. The SMILES string of the molecule is O=C(c1ccccc1)c1cccc(C(=O)c2ccccc2)c1Br. The molecule has 3 aromatic carbocycles. The molecule has 0 N–H and O–H groups in total. The van der Waals surface area contributed by atoms with E-state index in [1.807, 2.05) is 36.4 Å². The van der Waals surface area contributed by atoms with E-state index in [-0.39, 0.29) is 11.6 Å². The van der Waals surface area contributed by atoms with Gasteiger partial charge in [0, 0.05) is 26.7 Å². The van der Waals surface area contributed by atoms with Crippen LogP contribution < -0.4 is 0 Å². The number of carbonyl (C=O) groups excluding carboxylic acids is 2. The molecular formula is C20H13BrO2. The lowest BCUT2D eigenvalue weighted by Crippen LogP contribution is -2.08. The van der Waals surface area contributed by atoms with Crippen LogP contribution in [-0.2, 0) is 0 Å². The second-order valence-corrected chi connectivity index (χ2v) is 5.85. The van der Waals surface area contributed by atoms with Crippen LogP contribution in [0.25, 0.3) is 0 Å². The minimum absolute atomic E-state index is 0.111. The van der Waals surface area contributed by atoms with Crippen molar-refractivity contribution in [1.29, 1.82) is 0 Å². The van der Waals surface area contributed by atoms with Crippen LogP contribution in [-0.4, -0.2) is 11.6 Å². The first kappa shape index (κ1) is 15.4. The van der Waals surface area contributed by atoms with Crippen molar-refractivity contribution < 1.29 is 9.59 Å². The van der Waals surface area contributed by atoms with Crippen molar-refractivity contribution in [1.82, 2.24) is 0 Å². The lowest BCUT2D eigenvalue weighted by Gasteiger charge is -2.09. The van der Waals surface area contributed by atoms with Gasteiger partial charge in [-0.2, -0.15) is 0 Å². The number of halogens is 1. The maximum Gasteiger partial charge on any atom is 0.194 e. The molecule has 0 aliphatic rings. The van der Waals surface area contributed by atoms with Crippen molar-refractivity contribution in [3.63, 3.8) is 0 Å². The molecule has 0 saturated heterocycles. The summed E-state index contributed by atoms with van der Waals surface area (Å²) in [6.45, 7) is 0. The van der Waals surface area contributed by atoms with Crippen molar-refractivity contribution in [3.8, 4) is 0 Å². The Hall–Kier alpha value is -2.52. The van der Waals surface area contributed by atoms with Gasteiger partial charge in [0.15, 0.2) is 11.6 Å². The Kier molecular flexibility index (Phi) is 4.49. The largest absolute Gasteiger partial charge is 0.289 e. The van der Waals surface area contributed by atoms with Gasteiger partial charge in [0.1, 0.15) is 0 Å². The lowest BCUT2D eigenvalue weighted by molar-refractivity contribution is 0.103. The van der Waals surface area contributed by atoms with E-state index in [1.165, 1.54) is 0 Å². The Morgan fingerprint density at radius 1 is 0.565 bits per heavy atom. The highest BCUT2D eigenvalue weighted by molar-refractivity contribution is 9.10. The summed E-state index contributed by atoms with van der Waals surface area (Å²) in [5, 5.41) is 0. The fraction of sp³-hybridized carbons (Fsp3) is 0. The molecule has 3 heteroatoms. The zero-order chi connectivity index (χ0) is 16.2. The molecule has 0 radical (unpaired) electrons. The molecule has 0 fully saturated rings. The number of hydrogen-bond acceptors (Lipinski definition) is 2. The average Bonchev–Trinajstić information content (AvgIpc) is 2.62. The third-order valence-corrected chi connectivity index (χ3v) is 4.41. The molecule has 0 aliphatic carbocycles. The first-order valence-corrected chi connectivity index (χ1v) is 7.96. The van der Waals surface area contributed by atoms with Crippen LogP contribution in [0.4, 0.5) is 0 Å². The first-order chi connectivity index (χ1) is 11.2. The molecule has 0 saturated carbocycles. The Balaban J connectivity index is 2.03. The standard InChI is InChI=1S/C20H13BrO2/c21-18-16(19(22)14-8-3-1-4-9-14)12-7-13-17(18)20(23)15-10-5-2-6-11-15/h1-13H. The van der Waals surface area contributed by atoms with Crippen LogP contribution >= 0.6 is 15.9 Å². The minimum Gasteiger partial charge on any atom is -0.289 e. The Bertz CT molecular complexity index is 786. The van der Waals surface area contributed by atoms with E-state index < -0.39 is 0 Å². The Morgan fingerprint density at radius 3 is 1.35 bits per heavy atom. The van der Waals surface area contributed by atoms with Crippen molar-refractivity contribution in [2.45, 2.75) is 0 Å². The monoisotopic (exact) mass is 364 g/mol. The van der Waals surface area contributed by atoms with Crippen LogP contribution in [0.15, 0.2) is 83.3 Å². The van der Waals surface area contributed by atoms with Gasteiger partial charge in [-0.1, -0.05) is 66.7 Å². The van der Waals surface area contributed by atoms with Gasteiger partial charge in [0.2, 0.25) is 0 Å². The number of benzene rings is 3. The maximum absolute atomic E-state index is 12.6. The maximum atomic E-state index is 12.6. The van der Waals surface area contributed by atoms with Crippen LogP contribution in [0, 0.1) is 0 Å². The summed E-state index contributed by atoms with van der Waals surface area (Å²) in [6.07, 6.45) is 0. The highest BCUT2D eigenvalue weighted by Gasteiger charge is 2.19. The lowest BCUT2D eigenvalue weighted by atomic mass is 9.97. The van der Waals surface area contributed by atoms with Gasteiger partial charge in [-0.25, -0.2) is 0 Å². The molecule has 0 atom stereocenters. The summed E-state index contributed by atoms with van der Waals surface area (Å²) in [7, 11) is 0. The van der Waals surface area contributed by atoms with E-state index >= 15 is 0 Å². The second-order valence-electron chi connectivity index (χ2n) is 5.06. The molecule has 2 nitrogen and oxygen atoms in total. The van der Waals surface area contributed by atoms with Gasteiger partial charge in [-0.3, -0.25) is 9.59 Å². The third-order valence-electron chi connectivity index (χ3n) is 3.56. The molecular weight excluding hydrogens is 352 g/mol. The van der Waals surface area contributed by atoms with E-state index in [0.29, 0.717) is 26.7 Å². The van der Waals surface area contributed by atoms with Crippen molar-refractivity contribution in [2.24, 2.45) is 0 Å². The quantitative estimate of drug-likeness (QED) is 0.616. The van der Waals surface area contributed by atoms with Crippen LogP contribution in [0.2, 0.25) is 0 Å². The van der Waals surface area contributed by atoms with E-state index in [2.05, 4.69) is 15.9 Å². The van der Waals surface area contributed by atoms with Crippen molar-refractivity contribution in [2.75, 3.05) is 0 Å². The summed E-state index contributed by atoms with van der Waals surface area (Å²) in [5.41, 5.74) is 2.16. The molecule has 112 valence electrons. The number of ketones is 2. The van der Waals surface area contributed by atoms with Gasteiger partial charge in [-0.15, -0.1) is 0 Å². The molecule has 23 heavy (non-hydrogen) atoms. The van der Waals surface area contributed by atoms with E-state index in [0.717, 1.165) is 0 Å². The topological polar surface area (TPSA) is 34.1 Å². The van der Waals surface area contributed by atoms with Crippen LogP contribution in [0.3, 0.4) is 0 Å². The summed E-state index contributed by atoms with van der Waals surface area (Å²) in [6, 6.07) is 23.2. The van der Waals surface area contributed by atoms with E-state index in [1.54, 1.807) is 42.5 Å². The molecule has 0 spiro atoms. The molecule has 0 unspecified atom stereocenters. The summed E-state index contributed by atoms with van der Waals surface area (Å²) in [4.78, 5) is 25.3. The number of rotatable bonds is 4. The smallest absolute Gasteiger partial charge is 0.194 e. The normalized spacial score (nSPS) is 10.3. The molecule has 0 bridgehead atoms. The second kappa shape index (κ2) is 6.71. The minimum atomic E-state index is -0.111. The number of carbonyl (C=O) groups is 2. The Morgan fingerprint density at radius 2 is 0.957 bits per heavy atom. The van der Waals surface area contributed by atoms with Crippen LogP contribution in [0.1, 0.15) is 31.8 Å². The highest BCUT2D eigenvalue weighted by atomic mass is 79.9. The summed E-state index contributed by atoms with van der Waals surface area (Å²) < 4.78 is 0.530. The molecule has 3 rings (SSSR count). The zero-order valence-electron chi connectivity index (χ0n) is 12.2. The van der Waals surface area contributed by atoms with Gasteiger partial charge >= 0.3 is 0 Å². The zero-order valence-corrected chi connectivity index (χ0v) is 13.8. The third kappa shape index (κ3) is 3.15. The van der Waals surface area contributed by atoms with E-state index in [4.69, 9.17) is 0 Å². The highest BCUT2D eigenvalue weighted by Crippen LogP contribution is 2.26.